The smallest absolute Gasteiger partial charge is 0.873 e. The monoisotopic (exact) mass is 154 g/mol. The first kappa shape index (κ1) is 11.2. The Morgan fingerprint density at radius 3 is 2.67 bits per heavy atom. The molecule has 3 heteroatoms. The number of rotatable bonds is 1. The molecule has 0 fully saturated rings. The topological polar surface area (TPSA) is 46.9 Å². The van der Waals surface area contributed by atoms with E-state index in [-0.39, 0.29) is 30.3 Å². The summed E-state index contributed by atoms with van der Waals surface area (Å²) in [4.78, 5) is 0. The molecule has 0 aliphatic heterocycles. The standard InChI is InChI=1S/C9H10NO.Li/c1-2-4-7-5-3-6-8(11)9(7)10;/h2-6,10-11H,1H3;/q-1;+1/p-1/b4-2-;. The van der Waals surface area contributed by atoms with Crippen molar-refractivity contribution < 1.29 is 24.0 Å². The van der Waals surface area contributed by atoms with Gasteiger partial charge in [0.1, 0.15) is 0 Å². The minimum Gasteiger partial charge on any atom is -0.873 e. The molecule has 0 radical (unpaired) electrons. The molecule has 2 nitrogen and oxygen atoms in total. The molecule has 0 heterocycles. The Kier molecular flexibility index (Phi) is 4.57. The zero-order valence-corrected chi connectivity index (χ0v) is 7.29. The molecule has 0 amide bonds. The quantitative estimate of drug-likeness (QED) is 0.502. The summed E-state index contributed by atoms with van der Waals surface area (Å²) < 4.78 is 0. The van der Waals surface area contributed by atoms with Crippen molar-refractivity contribution >= 4 is 11.8 Å². The molecule has 0 aromatic heterocycles. The summed E-state index contributed by atoms with van der Waals surface area (Å²) in [5.41, 5.74) is 8.09. The van der Waals surface area contributed by atoms with Gasteiger partial charge in [0.15, 0.2) is 0 Å². The van der Waals surface area contributed by atoms with Crippen LogP contribution in [0.4, 0.5) is 5.69 Å². The fourth-order valence-corrected chi connectivity index (χ4v) is 0.867. The van der Waals surface area contributed by atoms with Crippen molar-refractivity contribution in [2.75, 3.05) is 0 Å². The fraction of sp³-hybridized carbons (Fsp3) is 0.111. The predicted molar refractivity (Wildman–Crippen MR) is 44.6 cm³/mol. The minimum absolute atomic E-state index is 0. The Balaban J connectivity index is 0.00000121. The largest absolute Gasteiger partial charge is 1.00 e. The van der Waals surface area contributed by atoms with Crippen LogP contribution in [-0.2, 0) is 0 Å². The molecule has 0 aliphatic carbocycles. The van der Waals surface area contributed by atoms with E-state index in [9.17, 15) is 5.11 Å². The average Bonchev–Trinajstić information content (AvgIpc) is 1.99. The van der Waals surface area contributed by atoms with Gasteiger partial charge in [0.25, 0.3) is 0 Å². The molecule has 0 aliphatic rings. The third-order valence-corrected chi connectivity index (χ3v) is 1.40. The van der Waals surface area contributed by atoms with E-state index in [4.69, 9.17) is 5.73 Å². The number of benzene rings is 1. The van der Waals surface area contributed by atoms with Gasteiger partial charge in [-0.3, -0.25) is 0 Å². The van der Waals surface area contributed by atoms with Crippen molar-refractivity contribution in [1.82, 2.24) is 0 Å². The van der Waals surface area contributed by atoms with Crippen molar-refractivity contribution in [3.8, 4) is 5.75 Å². The molecule has 0 saturated heterocycles. The van der Waals surface area contributed by atoms with Crippen LogP contribution in [0.3, 0.4) is 0 Å². The Labute approximate surface area is 84.3 Å². The van der Waals surface area contributed by atoms with Gasteiger partial charge in [-0.25, -0.2) is 0 Å². The summed E-state index contributed by atoms with van der Waals surface area (Å²) in [5.74, 6) is -0.222. The van der Waals surface area contributed by atoms with Gasteiger partial charge in [-0.1, -0.05) is 30.4 Å². The van der Waals surface area contributed by atoms with Gasteiger partial charge in [-0.05, 0) is 12.5 Å². The third-order valence-electron chi connectivity index (χ3n) is 1.40. The summed E-state index contributed by atoms with van der Waals surface area (Å²) >= 11 is 0. The summed E-state index contributed by atoms with van der Waals surface area (Å²) in [5, 5.41) is 10.9. The van der Waals surface area contributed by atoms with Crippen LogP contribution in [0.5, 0.6) is 5.75 Å². The molecule has 12 heavy (non-hydrogen) atoms. The van der Waals surface area contributed by atoms with E-state index in [0.29, 0.717) is 5.56 Å². The maximum Gasteiger partial charge on any atom is 1.00 e. The molecular formula is C9H9LiNO-. The summed E-state index contributed by atoms with van der Waals surface area (Å²) in [6.07, 6.45) is 3.57. The number of allylic oxidation sites excluding steroid dienone is 1. The van der Waals surface area contributed by atoms with Gasteiger partial charge in [0.05, 0.1) is 0 Å². The van der Waals surface area contributed by atoms with Crippen LogP contribution in [0, 0.1) is 0 Å². The van der Waals surface area contributed by atoms with Crippen molar-refractivity contribution in [2.24, 2.45) is 0 Å². The third kappa shape index (κ3) is 2.33. The number of hydrogen-bond acceptors (Lipinski definition) is 1. The summed E-state index contributed by atoms with van der Waals surface area (Å²) in [6.45, 7) is 1.86. The van der Waals surface area contributed by atoms with Gasteiger partial charge in [0.2, 0.25) is 0 Å². The van der Waals surface area contributed by atoms with E-state index in [1.807, 2.05) is 13.0 Å². The molecule has 58 valence electrons. The maximum atomic E-state index is 10.9. The van der Waals surface area contributed by atoms with Crippen molar-refractivity contribution in [1.29, 1.82) is 0 Å². The second kappa shape index (κ2) is 4.92. The van der Waals surface area contributed by atoms with Gasteiger partial charge in [-0.2, -0.15) is 0 Å². The van der Waals surface area contributed by atoms with Crippen LogP contribution < -0.4 is 24.0 Å². The van der Waals surface area contributed by atoms with Crippen molar-refractivity contribution in [2.45, 2.75) is 6.92 Å². The van der Waals surface area contributed by atoms with Gasteiger partial charge < -0.3 is 10.8 Å². The molecule has 0 unspecified atom stereocenters. The van der Waals surface area contributed by atoms with Crippen LogP contribution in [0.1, 0.15) is 12.5 Å². The first-order valence-electron chi connectivity index (χ1n) is 3.40. The zero-order valence-electron chi connectivity index (χ0n) is 7.29. The van der Waals surface area contributed by atoms with Crippen molar-refractivity contribution in [3.05, 3.63) is 35.6 Å². The van der Waals surface area contributed by atoms with E-state index in [2.05, 4.69) is 0 Å². The molecule has 1 aromatic carbocycles. The minimum atomic E-state index is -0.222. The first-order valence-corrected chi connectivity index (χ1v) is 3.40. The van der Waals surface area contributed by atoms with Crippen LogP contribution in [0.2, 0.25) is 0 Å². The van der Waals surface area contributed by atoms with E-state index >= 15 is 0 Å². The molecule has 1 aromatic rings. The summed E-state index contributed by atoms with van der Waals surface area (Å²) in [6, 6.07) is 4.81. The van der Waals surface area contributed by atoms with Gasteiger partial charge >= 0.3 is 18.9 Å². The van der Waals surface area contributed by atoms with Crippen LogP contribution in [0.25, 0.3) is 11.8 Å². The second-order valence-corrected chi connectivity index (χ2v) is 2.22. The second-order valence-electron chi connectivity index (χ2n) is 2.22. The van der Waals surface area contributed by atoms with E-state index in [0.717, 1.165) is 0 Å². The fourth-order valence-electron chi connectivity index (χ4n) is 0.867. The molecule has 0 bridgehead atoms. The maximum absolute atomic E-state index is 10.9. The normalized spacial score (nSPS) is 9.75. The summed E-state index contributed by atoms with van der Waals surface area (Å²) in [7, 11) is 0. The predicted octanol–water partition coefficient (Wildman–Crippen LogP) is -0.519. The molecule has 0 saturated carbocycles. The van der Waals surface area contributed by atoms with Crippen molar-refractivity contribution in [3.63, 3.8) is 0 Å². The van der Waals surface area contributed by atoms with E-state index in [1.165, 1.54) is 6.07 Å². The zero-order chi connectivity index (χ0) is 8.27. The Bertz CT molecular complexity index is 284. The molecule has 1 N–H and O–H groups in total. The van der Waals surface area contributed by atoms with Gasteiger partial charge in [0, 0.05) is 0 Å². The van der Waals surface area contributed by atoms with Crippen LogP contribution >= 0.6 is 0 Å². The van der Waals surface area contributed by atoms with Crippen LogP contribution in [-0.4, -0.2) is 0 Å². The number of hydrogen-bond donors (Lipinski definition) is 0. The number of nitrogens with one attached hydrogen (secondary N) is 1. The Hall–Kier alpha value is -0.843. The van der Waals surface area contributed by atoms with Gasteiger partial charge in [-0.15, -0.1) is 11.4 Å². The molecule has 0 atom stereocenters. The SMILES string of the molecule is C/C=C\c1cccc([O-])c1[NH-].[Li+]. The average molecular weight is 154 g/mol. The van der Waals surface area contributed by atoms with Crippen LogP contribution in [0.15, 0.2) is 24.3 Å². The van der Waals surface area contributed by atoms with E-state index < -0.39 is 0 Å². The Morgan fingerprint density at radius 1 is 1.42 bits per heavy atom. The molecule has 1 rings (SSSR count). The Morgan fingerprint density at radius 2 is 2.08 bits per heavy atom. The molecule has 0 spiro atoms. The molecular weight excluding hydrogens is 145 g/mol. The first-order chi connectivity index (χ1) is 5.25. The van der Waals surface area contributed by atoms with E-state index in [1.54, 1.807) is 18.2 Å².